The van der Waals surface area contributed by atoms with Gasteiger partial charge in [-0.1, -0.05) is 5.22 Å². The molecule has 0 spiro atoms. The minimum atomic E-state index is -4.34. The lowest BCUT2D eigenvalue weighted by atomic mass is 10.2. The predicted octanol–water partition coefficient (Wildman–Crippen LogP) is 4.21. The highest BCUT2D eigenvalue weighted by Crippen LogP contribution is 2.29. The van der Waals surface area contributed by atoms with Crippen molar-refractivity contribution < 1.29 is 13.2 Å². The van der Waals surface area contributed by atoms with Gasteiger partial charge in [0.1, 0.15) is 0 Å². The van der Waals surface area contributed by atoms with Gasteiger partial charge in [0.25, 0.3) is 0 Å². The number of alkyl halides is 3. The Kier molecular flexibility index (Phi) is 3.74. The van der Waals surface area contributed by atoms with Crippen LogP contribution in [0.3, 0.4) is 0 Å². The summed E-state index contributed by atoms with van der Waals surface area (Å²) in [5.41, 5.74) is 2.85. The molecule has 2 aromatic rings. The molecule has 0 radical (unpaired) electrons. The van der Waals surface area contributed by atoms with Crippen LogP contribution in [0.2, 0.25) is 0 Å². The molecule has 0 bridgehead atoms. The Morgan fingerprint density at radius 1 is 0.947 bits per heavy atom. The molecule has 0 aliphatic carbocycles. The first-order valence-electron chi connectivity index (χ1n) is 5.30. The average molecular weight is 266 g/mol. The summed E-state index contributed by atoms with van der Waals surface area (Å²) in [5.74, 6) is 0. The predicted molar refractivity (Wildman–Crippen MR) is 63.8 cm³/mol. The zero-order valence-electron chi connectivity index (χ0n) is 9.59. The number of hydrogen-bond acceptors (Lipinski definition) is 3. The number of hydrogen-bond donors (Lipinski definition) is 1. The van der Waals surface area contributed by atoms with E-state index >= 15 is 0 Å². The molecule has 19 heavy (non-hydrogen) atoms. The summed E-state index contributed by atoms with van der Waals surface area (Å²) in [6, 6.07) is 7.83. The summed E-state index contributed by atoms with van der Waals surface area (Å²) in [7, 11) is 0. The highest BCUT2D eigenvalue weighted by atomic mass is 19.4. The summed E-state index contributed by atoms with van der Waals surface area (Å²) < 4.78 is 37.0. The Morgan fingerprint density at radius 3 is 2.16 bits per heavy atom. The van der Waals surface area contributed by atoms with Crippen molar-refractivity contribution in [1.29, 1.82) is 0 Å². The van der Waals surface area contributed by atoms with Crippen LogP contribution in [0.25, 0.3) is 0 Å². The summed E-state index contributed by atoms with van der Waals surface area (Å²) in [5, 5.41) is 7.49. The maximum Gasteiger partial charge on any atom is 0.416 e. The van der Waals surface area contributed by atoms with Crippen molar-refractivity contribution in [3.8, 4) is 0 Å². The van der Waals surface area contributed by atoms with Crippen molar-refractivity contribution >= 4 is 11.4 Å². The fraction of sp³-hybridized carbons (Fsp3) is 0.0833. The van der Waals surface area contributed by atoms with E-state index in [4.69, 9.17) is 0 Å². The fourth-order valence-corrected chi connectivity index (χ4v) is 1.28. The van der Waals surface area contributed by atoms with Crippen LogP contribution in [0.15, 0.2) is 59.1 Å². The lowest BCUT2D eigenvalue weighted by Crippen LogP contribution is -2.04. The number of aromatic nitrogens is 1. The van der Waals surface area contributed by atoms with E-state index in [-0.39, 0.29) is 0 Å². The van der Waals surface area contributed by atoms with Crippen molar-refractivity contribution in [2.75, 3.05) is 5.43 Å². The molecule has 1 aromatic heterocycles. The Balaban J connectivity index is 1.99. The fourth-order valence-electron chi connectivity index (χ4n) is 1.28. The van der Waals surface area contributed by atoms with Crippen molar-refractivity contribution in [2.24, 2.45) is 10.3 Å². The highest BCUT2D eigenvalue weighted by molar-refractivity contribution is 5.44. The van der Waals surface area contributed by atoms with E-state index in [1.165, 1.54) is 12.1 Å². The molecule has 2 rings (SSSR count). The first-order chi connectivity index (χ1) is 9.05. The van der Waals surface area contributed by atoms with Gasteiger partial charge in [-0.3, -0.25) is 10.4 Å². The molecule has 1 N–H and O–H groups in total. The molecule has 1 heterocycles. The van der Waals surface area contributed by atoms with Crippen molar-refractivity contribution in [2.45, 2.75) is 6.18 Å². The maximum atomic E-state index is 12.3. The zero-order chi connectivity index (χ0) is 13.7. The molecule has 0 amide bonds. The molecule has 0 unspecified atom stereocenters. The van der Waals surface area contributed by atoms with Crippen LogP contribution in [0, 0.1) is 0 Å². The minimum absolute atomic E-state index is 0.422. The van der Waals surface area contributed by atoms with E-state index in [1.54, 1.807) is 24.5 Å². The molecule has 0 saturated heterocycles. The van der Waals surface area contributed by atoms with Crippen molar-refractivity contribution in [3.05, 3.63) is 54.4 Å². The van der Waals surface area contributed by atoms with E-state index in [9.17, 15) is 13.2 Å². The van der Waals surface area contributed by atoms with Gasteiger partial charge in [-0.15, -0.1) is 5.11 Å². The van der Waals surface area contributed by atoms with Gasteiger partial charge < -0.3 is 0 Å². The van der Waals surface area contributed by atoms with Gasteiger partial charge in [0.2, 0.25) is 0 Å². The molecular weight excluding hydrogens is 257 g/mol. The smallest absolute Gasteiger partial charge is 0.265 e. The largest absolute Gasteiger partial charge is 0.416 e. The van der Waals surface area contributed by atoms with E-state index in [1.807, 2.05) is 0 Å². The van der Waals surface area contributed by atoms with Crippen LogP contribution >= 0.6 is 0 Å². The Morgan fingerprint density at radius 2 is 1.58 bits per heavy atom. The van der Waals surface area contributed by atoms with Crippen LogP contribution in [-0.2, 0) is 6.18 Å². The zero-order valence-corrected chi connectivity index (χ0v) is 9.59. The summed E-state index contributed by atoms with van der Waals surface area (Å²) in [6.45, 7) is 0. The van der Waals surface area contributed by atoms with Gasteiger partial charge in [-0.05, 0) is 36.4 Å². The molecule has 7 heteroatoms. The first kappa shape index (κ1) is 13.0. The molecule has 4 nitrogen and oxygen atoms in total. The number of halogens is 3. The third-order valence-corrected chi connectivity index (χ3v) is 2.22. The van der Waals surface area contributed by atoms with E-state index in [0.29, 0.717) is 11.4 Å². The second kappa shape index (κ2) is 5.47. The first-order valence-corrected chi connectivity index (χ1v) is 5.30. The van der Waals surface area contributed by atoms with Crippen LogP contribution in [0.4, 0.5) is 24.5 Å². The van der Waals surface area contributed by atoms with Gasteiger partial charge in [0.15, 0.2) is 0 Å². The Bertz CT molecular complexity index is 549. The number of nitrogens with zero attached hydrogens (tertiary/aromatic N) is 3. The van der Waals surface area contributed by atoms with Crippen LogP contribution in [-0.4, -0.2) is 4.98 Å². The van der Waals surface area contributed by atoms with Gasteiger partial charge in [-0.25, -0.2) is 0 Å². The van der Waals surface area contributed by atoms with Gasteiger partial charge in [-0.2, -0.15) is 13.2 Å². The van der Waals surface area contributed by atoms with Gasteiger partial charge in [0, 0.05) is 12.4 Å². The average Bonchev–Trinajstić information content (AvgIpc) is 2.39. The molecule has 98 valence electrons. The van der Waals surface area contributed by atoms with Crippen molar-refractivity contribution in [3.63, 3.8) is 0 Å². The topological polar surface area (TPSA) is 49.6 Å². The lowest BCUT2D eigenvalue weighted by Gasteiger charge is -2.06. The van der Waals surface area contributed by atoms with E-state index in [0.717, 1.165) is 12.1 Å². The molecular formula is C12H9F3N4. The normalized spacial score (nSPS) is 11.7. The second-order valence-corrected chi connectivity index (χ2v) is 3.59. The summed E-state index contributed by atoms with van der Waals surface area (Å²) in [6.07, 6.45) is -1.21. The van der Waals surface area contributed by atoms with Gasteiger partial charge >= 0.3 is 6.18 Å². The quantitative estimate of drug-likeness (QED) is 0.668. The second-order valence-electron chi connectivity index (χ2n) is 3.59. The molecule has 0 aliphatic heterocycles. The number of benzene rings is 1. The monoisotopic (exact) mass is 266 g/mol. The number of pyridine rings is 1. The van der Waals surface area contributed by atoms with Crippen LogP contribution < -0.4 is 5.43 Å². The summed E-state index contributed by atoms with van der Waals surface area (Å²) >= 11 is 0. The molecule has 1 aromatic carbocycles. The van der Waals surface area contributed by atoms with Gasteiger partial charge in [0.05, 0.1) is 16.9 Å². The molecule has 0 saturated carbocycles. The molecule has 0 fully saturated rings. The van der Waals surface area contributed by atoms with E-state index in [2.05, 4.69) is 20.7 Å². The lowest BCUT2D eigenvalue weighted by molar-refractivity contribution is -0.137. The Hall–Kier alpha value is -2.44. The third kappa shape index (κ3) is 3.77. The maximum absolute atomic E-state index is 12.3. The number of anilines is 1. The molecule has 0 aliphatic rings. The number of nitrogens with one attached hydrogen (secondary N) is 1. The van der Waals surface area contributed by atoms with E-state index < -0.39 is 11.7 Å². The SMILES string of the molecule is FC(F)(F)c1ccc(NN=Nc2ccncc2)cc1. The summed E-state index contributed by atoms with van der Waals surface area (Å²) in [4.78, 5) is 3.82. The number of rotatable bonds is 3. The Labute approximate surface area is 107 Å². The van der Waals surface area contributed by atoms with Crippen LogP contribution in [0.1, 0.15) is 5.56 Å². The highest BCUT2D eigenvalue weighted by Gasteiger charge is 2.29. The standard InChI is InChI=1S/C12H9F3N4/c13-12(14,15)9-1-3-10(4-2-9)17-19-18-11-5-7-16-8-6-11/h1-8H,(H,16,17,18). The van der Waals surface area contributed by atoms with Crippen molar-refractivity contribution in [1.82, 2.24) is 4.98 Å². The molecule has 0 atom stereocenters. The minimum Gasteiger partial charge on any atom is -0.265 e. The van der Waals surface area contributed by atoms with Crippen LogP contribution in [0.5, 0.6) is 0 Å². The third-order valence-electron chi connectivity index (χ3n) is 2.22.